The van der Waals surface area contributed by atoms with E-state index in [9.17, 15) is 9.18 Å². The molecule has 0 aliphatic heterocycles. The third-order valence-corrected chi connectivity index (χ3v) is 2.94. The Labute approximate surface area is 116 Å². The molecule has 0 aliphatic rings. The second kappa shape index (κ2) is 5.86. The fourth-order valence-corrected chi connectivity index (χ4v) is 1.83. The average Bonchev–Trinajstić information content (AvgIpc) is 2.41. The molecule has 102 valence electrons. The molecule has 0 atom stereocenters. The van der Waals surface area contributed by atoms with Crippen LogP contribution in [0.4, 0.5) is 10.1 Å². The van der Waals surface area contributed by atoms with Gasteiger partial charge in [0.25, 0.3) is 5.91 Å². The Morgan fingerprint density at radius 3 is 2.50 bits per heavy atom. The van der Waals surface area contributed by atoms with Gasteiger partial charge < -0.3 is 15.4 Å². The molecule has 0 radical (unpaired) electrons. The van der Waals surface area contributed by atoms with Gasteiger partial charge in [-0.25, -0.2) is 4.39 Å². The van der Waals surface area contributed by atoms with Crippen molar-refractivity contribution in [3.8, 4) is 0 Å². The minimum absolute atomic E-state index is 0.237. The number of hydrogen-bond acceptors (Lipinski definition) is 3. The zero-order chi connectivity index (χ0) is 14.7. The summed E-state index contributed by atoms with van der Waals surface area (Å²) in [5.41, 5.74) is 0.854. The van der Waals surface area contributed by atoms with Crippen LogP contribution >= 0.6 is 0 Å². The van der Waals surface area contributed by atoms with Crippen LogP contribution in [0.3, 0.4) is 0 Å². The van der Waals surface area contributed by atoms with Crippen molar-refractivity contribution in [3.63, 3.8) is 0 Å². The molecule has 0 saturated heterocycles. The smallest absolute Gasteiger partial charge is 0.423 e. The maximum atomic E-state index is 14.0. The Morgan fingerprint density at radius 2 is 1.85 bits per heavy atom. The highest BCUT2D eigenvalue weighted by molar-refractivity contribution is 6.58. The number of nitrogens with one attached hydrogen (secondary N) is 1. The molecular formula is C14H13BFNO3. The summed E-state index contributed by atoms with van der Waals surface area (Å²) in [4.78, 5) is 12.0. The maximum Gasteiger partial charge on any atom is 0.491 e. The second-order valence-corrected chi connectivity index (χ2v) is 4.35. The molecule has 0 aliphatic carbocycles. The van der Waals surface area contributed by atoms with E-state index in [0.717, 1.165) is 5.56 Å². The Balaban J connectivity index is 2.31. The molecule has 0 aromatic heterocycles. The van der Waals surface area contributed by atoms with Crippen molar-refractivity contribution in [2.24, 2.45) is 0 Å². The Morgan fingerprint density at radius 1 is 1.15 bits per heavy atom. The lowest BCUT2D eigenvalue weighted by molar-refractivity contribution is 0.102. The second-order valence-electron chi connectivity index (χ2n) is 4.35. The third-order valence-electron chi connectivity index (χ3n) is 2.94. The highest BCUT2D eigenvalue weighted by Crippen LogP contribution is 2.15. The number of aryl methyl sites for hydroxylation is 1. The molecule has 3 N–H and O–H groups in total. The van der Waals surface area contributed by atoms with E-state index in [0.29, 0.717) is 5.69 Å². The lowest BCUT2D eigenvalue weighted by Gasteiger charge is -2.10. The van der Waals surface area contributed by atoms with E-state index in [-0.39, 0.29) is 11.0 Å². The minimum atomic E-state index is -1.96. The lowest BCUT2D eigenvalue weighted by atomic mass is 9.79. The third kappa shape index (κ3) is 2.87. The molecule has 0 unspecified atom stereocenters. The summed E-state index contributed by atoms with van der Waals surface area (Å²) < 4.78 is 14.0. The quantitative estimate of drug-likeness (QED) is 0.732. The number of halogens is 1. The van der Waals surface area contributed by atoms with E-state index >= 15 is 0 Å². The van der Waals surface area contributed by atoms with E-state index in [2.05, 4.69) is 5.32 Å². The van der Waals surface area contributed by atoms with Crippen LogP contribution in [0.5, 0.6) is 0 Å². The van der Waals surface area contributed by atoms with Gasteiger partial charge in [0.1, 0.15) is 5.82 Å². The van der Waals surface area contributed by atoms with E-state index in [4.69, 9.17) is 10.0 Å². The highest BCUT2D eigenvalue weighted by Gasteiger charge is 2.22. The molecule has 6 heteroatoms. The fourth-order valence-electron chi connectivity index (χ4n) is 1.83. The predicted octanol–water partition coefficient (Wildman–Crippen LogP) is 1.07. The zero-order valence-electron chi connectivity index (χ0n) is 10.8. The summed E-state index contributed by atoms with van der Waals surface area (Å²) in [5.74, 6) is -1.58. The number of hydrogen-bond donors (Lipinski definition) is 3. The number of anilines is 1. The zero-order valence-corrected chi connectivity index (χ0v) is 10.8. The van der Waals surface area contributed by atoms with E-state index < -0.39 is 18.8 Å². The van der Waals surface area contributed by atoms with Gasteiger partial charge in [-0.1, -0.05) is 30.3 Å². The minimum Gasteiger partial charge on any atom is -0.423 e. The first-order chi connectivity index (χ1) is 9.50. The van der Waals surface area contributed by atoms with Crippen molar-refractivity contribution < 1.29 is 19.2 Å². The molecular weight excluding hydrogens is 260 g/mol. The summed E-state index contributed by atoms with van der Waals surface area (Å²) in [6, 6.07) is 11.0. The van der Waals surface area contributed by atoms with Gasteiger partial charge in [0, 0.05) is 11.2 Å². The number of para-hydroxylation sites is 1. The van der Waals surface area contributed by atoms with Gasteiger partial charge in [0.15, 0.2) is 0 Å². The molecule has 2 aromatic carbocycles. The van der Waals surface area contributed by atoms with Crippen LogP contribution in [-0.4, -0.2) is 23.1 Å². The highest BCUT2D eigenvalue weighted by atomic mass is 19.1. The van der Waals surface area contributed by atoms with Gasteiger partial charge in [0.05, 0.1) is 5.56 Å². The van der Waals surface area contributed by atoms with Crippen LogP contribution in [0, 0.1) is 12.7 Å². The standard InChI is InChI=1S/C14H13BFNO3/c1-9-5-2-3-8-12(9)17-14(18)10-6-4-7-11(13(10)16)15(19)20/h2-8,19-20H,1H3,(H,17,18). The molecule has 0 bridgehead atoms. The van der Waals surface area contributed by atoms with Gasteiger partial charge >= 0.3 is 7.12 Å². The lowest BCUT2D eigenvalue weighted by Crippen LogP contribution is -2.34. The van der Waals surface area contributed by atoms with Gasteiger partial charge in [-0.2, -0.15) is 0 Å². The fraction of sp³-hybridized carbons (Fsp3) is 0.0714. The molecule has 0 saturated carbocycles. The predicted molar refractivity (Wildman–Crippen MR) is 75.4 cm³/mol. The summed E-state index contributed by atoms with van der Waals surface area (Å²) in [6.45, 7) is 1.82. The Bertz CT molecular complexity index is 646. The van der Waals surface area contributed by atoms with E-state index in [1.165, 1.54) is 18.2 Å². The van der Waals surface area contributed by atoms with Crippen LogP contribution in [0.2, 0.25) is 0 Å². The maximum absolute atomic E-state index is 14.0. The average molecular weight is 273 g/mol. The van der Waals surface area contributed by atoms with Crippen LogP contribution in [-0.2, 0) is 0 Å². The van der Waals surface area contributed by atoms with Crippen molar-refractivity contribution in [1.82, 2.24) is 0 Å². The van der Waals surface area contributed by atoms with Gasteiger partial charge in [-0.05, 0) is 24.6 Å². The summed E-state index contributed by atoms with van der Waals surface area (Å²) >= 11 is 0. The van der Waals surface area contributed by atoms with Crippen molar-refractivity contribution in [1.29, 1.82) is 0 Å². The Kier molecular flexibility index (Phi) is 4.17. The van der Waals surface area contributed by atoms with Crippen molar-refractivity contribution >= 4 is 24.2 Å². The van der Waals surface area contributed by atoms with Gasteiger partial charge in [-0.3, -0.25) is 4.79 Å². The first-order valence-corrected chi connectivity index (χ1v) is 6.02. The van der Waals surface area contributed by atoms with Crippen molar-refractivity contribution in [2.45, 2.75) is 6.92 Å². The van der Waals surface area contributed by atoms with Crippen LogP contribution in [0.25, 0.3) is 0 Å². The summed E-state index contributed by atoms with van der Waals surface area (Å²) in [6.07, 6.45) is 0. The number of carbonyl (C=O) groups is 1. The molecule has 2 aromatic rings. The van der Waals surface area contributed by atoms with Crippen molar-refractivity contribution in [3.05, 3.63) is 59.4 Å². The molecule has 0 heterocycles. The van der Waals surface area contributed by atoms with E-state index in [1.54, 1.807) is 12.1 Å². The van der Waals surface area contributed by atoms with Crippen LogP contribution in [0.1, 0.15) is 15.9 Å². The van der Waals surface area contributed by atoms with Crippen LogP contribution < -0.4 is 10.8 Å². The SMILES string of the molecule is Cc1ccccc1NC(=O)c1cccc(B(O)O)c1F. The normalized spacial score (nSPS) is 10.2. The largest absolute Gasteiger partial charge is 0.491 e. The number of amides is 1. The Hall–Kier alpha value is -2.18. The molecule has 4 nitrogen and oxygen atoms in total. The van der Waals surface area contributed by atoms with Crippen molar-refractivity contribution in [2.75, 3.05) is 5.32 Å². The first kappa shape index (κ1) is 14.2. The van der Waals surface area contributed by atoms with E-state index in [1.807, 2.05) is 19.1 Å². The summed E-state index contributed by atoms with van der Waals surface area (Å²) in [7, 11) is -1.96. The number of rotatable bonds is 3. The molecule has 0 fully saturated rings. The molecule has 2 rings (SSSR count). The monoisotopic (exact) mass is 273 g/mol. The molecule has 0 spiro atoms. The van der Waals surface area contributed by atoms with Gasteiger partial charge in [-0.15, -0.1) is 0 Å². The van der Waals surface area contributed by atoms with Gasteiger partial charge in [0.2, 0.25) is 0 Å². The first-order valence-electron chi connectivity index (χ1n) is 6.02. The topological polar surface area (TPSA) is 69.6 Å². The molecule has 20 heavy (non-hydrogen) atoms. The summed E-state index contributed by atoms with van der Waals surface area (Å²) in [5, 5.41) is 20.6. The number of carbonyl (C=O) groups excluding carboxylic acids is 1. The molecule has 1 amide bonds. The van der Waals surface area contributed by atoms with Crippen LogP contribution in [0.15, 0.2) is 42.5 Å². The number of benzene rings is 2.